The molecule has 1 N–H and O–H groups in total. The fraction of sp³-hybridized carbons (Fsp3) is 0.929. The molecule has 96 valence electrons. The van der Waals surface area contributed by atoms with Crippen molar-refractivity contribution >= 4 is 5.78 Å². The molecule has 0 aliphatic carbocycles. The van der Waals surface area contributed by atoms with E-state index in [0.717, 1.165) is 12.8 Å². The van der Waals surface area contributed by atoms with E-state index in [9.17, 15) is 4.79 Å². The van der Waals surface area contributed by atoms with Crippen LogP contribution in [0.4, 0.5) is 0 Å². The van der Waals surface area contributed by atoms with E-state index in [1.807, 2.05) is 13.8 Å². The summed E-state index contributed by atoms with van der Waals surface area (Å²) >= 11 is 0. The Kier molecular flexibility index (Phi) is 6.24. The monoisotopic (exact) mass is 227 g/mol. The maximum Gasteiger partial charge on any atom is 0.152 e. The first-order chi connectivity index (χ1) is 7.25. The summed E-state index contributed by atoms with van der Waals surface area (Å²) in [4.78, 5) is 12.2. The van der Waals surface area contributed by atoms with Gasteiger partial charge in [0.25, 0.3) is 0 Å². The molecular formula is C14H29NO. The number of carbonyl (C=O) groups excluding carboxylic acids is 1. The Balaban J connectivity index is 4.75. The predicted molar refractivity (Wildman–Crippen MR) is 70.6 cm³/mol. The van der Waals surface area contributed by atoms with Gasteiger partial charge in [0, 0.05) is 11.5 Å². The third kappa shape index (κ3) is 4.65. The average molecular weight is 227 g/mol. The first-order valence-electron chi connectivity index (χ1n) is 6.56. The Labute approximate surface area is 101 Å². The normalized spacial score (nSPS) is 16.2. The van der Waals surface area contributed by atoms with Gasteiger partial charge in [-0.1, -0.05) is 41.0 Å². The fourth-order valence-corrected chi connectivity index (χ4v) is 1.61. The Bertz CT molecular complexity index is 221. The summed E-state index contributed by atoms with van der Waals surface area (Å²) < 4.78 is 0. The van der Waals surface area contributed by atoms with Crippen molar-refractivity contribution in [1.29, 1.82) is 0 Å². The van der Waals surface area contributed by atoms with Crippen LogP contribution in [0.1, 0.15) is 61.3 Å². The largest absolute Gasteiger partial charge is 0.302 e. The lowest BCUT2D eigenvalue weighted by molar-refractivity contribution is -0.125. The summed E-state index contributed by atoms with van der Waals surface area (Å²) in [7, 11) is 0. The van der Waals surface area contributed by atoms with E-state index in [2.05, 4.69) is 39.9 Å². The van der Waals surface area contributed by atoms with Crippen molar-refractivity contribution in [2.75, 3.05) is 0 Å². The van der Waals surface area contributed by atoms with Crippen LogP contribution >= 0.6 is 0 Å². The van der Waals surface area contributed by atoms with Gasteiger partial charge in [0.2, 0.25) is 0 Å². The maximum absolute atomic E-state index is 12.2. The van der Waals surface area contributed by atoms with E-state index in [-0.39, 0.29) is 17.5 Å². The second-order valence-electron chi connectivity index (χ2n) is 5.80. The molecule has 0 aliphatic rings. The van der Waals surface area contributed by atoms with Crippen LogP contribution in [0.15, 0.2) is 0 Å². The number of hydrogen-bond donors (Lipinski definition) is 1. The van der Waals surface area contributed by atoms with Crippen LogP contribution in [0, 0.1) is 11.8 Å². The molecule has 0 aromatic heterocycles. The van der Waals surface area contributed by atoms with E-state index in [1.54, 1.807) is 0 Å². The zero-order valence-corrected chi connectivity index (χ0v) is 12.1. The van der Waals surface area contributed by atoms with E-state index >= 15 is 0 Å². The Morgan fingerprint density at radius 2 is 1.69 bits per heavy atom. The number of ketones is 1. The van der Waals surface area contributed by atoms with Crippen molar-refractivity contribution in [2.24, 2.45) is 11.8 Å². The summed E-state index contributed by atoms with van der Waals surface area (Å²) in [6.45, 7) is 14.7. The summed E-state index contributed by atoms with van der Waals surface area (Å²) in [5.41, 5.74) is 0.0403. The first-order valence-corrected chi connectivity index (χ1v) is 6.56. The SMILES string of the molecule is CCC(C)C(NC(C)(C)CC)C(=O)C(C)C. The van der Waals surface area contributed by atoms with Crippen molar-refractivity contribution in [3.05, 3.63) is 0 Å². The van der Waals surface area contributed by atoms with E-state index in [0.29, 0.717) is 11.7 Å². The molecule has 0 heterocycles. The van der Waals surface area contributed by atoms with Crippen molar-refractivity contribution < 1.29 is 4.79 Å². The molecule has 0 rings (SSSR count). The molecule has 0 aromatic carbocycles. The van der Waals surface area contributed by atoms with Gasteiger partial charge in [0.15, 0.2) is 5.78 Å². The molecule has 0 saturated heterocycles. The summed E-state index contributed by atoms with van der Waals surface area (Å²) in [5.74, 6) is 0.857. The molecular weight excluding hydrogens is 198 g/mol. The highest BCUT2D eigenvalue weighted by Crippen LogP contribution is 2.18. The molecule has 2 unspecified atom stereocenters. The van der Waals surface area contributed by atoms with E-state index in [1.165, 1.54) is 0 Å². The van der Waals surface area contributed by atoms with Gasteiger partial charge in [-0.3, -0.25) is 4.79 Å². The third-order valence-electron chi connectivity index (χ3n) is 3.52. The lowest BCUT2D eigenvalue weighted by atomic mass is 9.87. The maximum atomic E-state index is 12.2. The van der Waals surface area contributed by atoms with Gasteiger partial charge in [-0.2, -0.15) is 0 Å². The minimum Gasteiger partial charge on any atom is -0.302 e. The van der Waals surface area contributed by atoms with Crippen LogP contribution in [0.3, 0.4) is 0 Å². The standard InChI is InChI=1S/C14H29NO/c1-8-11(5)12(13(16)10(3)4)15-14(6,7)9-2/h10-12,15H,8-9H2,1-7H3. The molecule has 0 aliphatic heterocycles. The number of hydrogen-bond acceptors (Lipinski definition) is 2. The lowest BCUT2D eigenvalue weighted by Gasteiger charge is -2.34. The number of Topliss-reactive ketones (excluding diaryl/α,β-unsaturated/α-hetero) is 1. The minimum atomic E-state index is -0.0000463. The smallest absolute Gasteiger partial charge is 0.152 e. The molecule has 0 radical (unpaired) electrons. The second kappa shape index (κ2) is 6.39. The zero-order valence-electron chi connectivity index (χ0n) is 12.1. The molecule has 0 aromatic rings. The molecule has 0 spiro atoms. The van der Waals surface area contributed by atoms with Crippen molar-refractivity contribution in [1.82, 2.24) is 5.32 Å². The van der Waals surface area contributed by atoms with Crippen LogP contribution in [-0.2, 0) is 4.79 Å². The highest BCUT2D eigenvalue weighted by Gasteiger charge is 2.30. The van der Waals surface area contributed by atoms with Crippen LogP contribution in [0.5, 0.6) is 0 Å². The van der Waals surface area contributed by atoms with Gasteiger partial charge >= 0.3 is 0 Å². The molecule has 0 bridgehead atoms. The van der Waals surface area contributed by atoms with Crippen LogP contribution < -0.4 is 5.32 Å². The van der Waals surface area contributed by atoms with Crippen LogP contribution in [0.25, 0.3) is 0 Å². The third-order valence-corrected chi connectivity index (χ3v) is 3.52. The minimum absolute atomic E-state index is 0.0000463. The van der Waals surface area contributed by atoms with Gasteiger partial charge in [0.1, 0.15) is 0 Å². The highest BCUT2D eigenvalue weighted by atomic mass is 16.1. The first kappa shape index (κ1) is 15.6. The highest BCUT2D eigenvalue weighted by molar-refractivity contribution is 5.86. The van der Waals surface area contributed by atoms with Crippen LogP contribution in [0.2, 0.25) is 0 Å². The molecule has 2 nitrogen and oxygen atoms in total. The Morgan fingerprint density at radius 3 is 2.00 bits per heavy atom. The van der Waals surface area contributed by atoms with Gasteiger partial charge in [0.05, 0.1) is 6.04 Å². The number of nitrogens with one attached hydrogen (secondary N) is 1. The molecule has 2 atom stereocenters. The molecule has 16 heavy (non-hydrogen) atoms. The molecule has 0 saturated carbocycles. The summed E-state index contributed by atoms with van der Waals surface area (Å²) in [6, 6.07) is -0.0000463. The summed E-state index contributed by atoms with van der Waals surface area (Å²) in [6.07, 6.45) is 2.07. The zero-order chi connectivity index (χ0) is 12.9. The average Bonchev–Trinajstić information content (AvgIpc) is 2.23. The summed E-state index contributed by atoms with van der Waals surface area (Å²) in [5, 5.41) is 3.53. The number of carbonyl (C=O) groups is 1. The van der Waals surface area contributed by atoms with Crippen molar-refractivity contribution in [3.63, 3.8) is 0 Å². The van der Waals surface area contributed by atoms with E-state index in [4.69, 9.17) is 0 Å². The Morgan fingerprint density at radius 1 is 1.19 bits per heavy atom. The lowest BCUT2D eigenvalue weighted by Crippen LogP contribution is -2.53. The van der Waals surface area contributed by atoms with Gasteiger partial charge < -0.3 is 5.32 Å². The van der Waals surface area contributed by atoms with Gasteiger partial charge in [-0.25, -0.2) is 0 Å². The van der Waals surface area contributed by atoms with Crippen molar-refractivity contribution in [3.8, 4) is 0 Å². The second-order valence-corrected chi connectivity index (χ2v) is 5.80. The molecule has 0 amide bonds. The molecule has 2 heteroatoms. The van der Waals surface area contributed by atoms with Crippen molar-refractivity contribution in [2.45, 2.75) is 72.9 Å². The quantitative estimate of drug-likeness (QED) is 0.722. The fourth-order valence-electron chi connectivity index (χ4n) is 1.61. The Hall–Kier alpha value is -0.370. The van der Waals surface area contributed by atoms with Crippen LogP contribution in [-0.4, -0.2) is 17.4 Å². The topological polar surface area (TPSA) is 29.1 Å². The van der Waals surface area contributed by atoms with Gasteiger partial charge in [-0.15, -0.1) is 0 Å². The predicted octanol–water partition coefficient (Wildman–Crippen LogP) is 3.40. The molecule has 0 fully saturated rings. The number of rotatable bonds is 7. The van der Waals surface area contributed by atoms with Gasteiger partial charge in [-0.05, 0) is 26.2 Å². The van der Waals surface area contributed by atoms with E-state index < -0.39 is 0 Å².